The Kier molecular flexibility index (Phi) is 4.57. The molecule has 0 aliphatic carbocycles. The number of anilines is 1. The molecule has 0 aliphatic rings. The third kappa shape index (κ3) is 3.61. The summed E-state index contributed by atoms with van der Waals surface area (Å²) >= 11 is 0. The van der Waals surface area contributed by atoms with Crippen LogP contribution in [-0.4, -0.2) is 17.4 Å². The second-order valence-corrected chi connectivity index (χ2v) is 4.88. The van der Waals surface area contributed by atoms with Gasteiger partial charge >= 0.3 is 0 Å². The van der Waals surface area contributed by atoms with Crippen molar-refractivity contribution >= 4 is 11.6 Å². The summed E-state index contributed by atoms with van der Waals surface area (Å²) in [4.78, 5) is 14.1. The van der Waals surface area contributed by atoms with Crippen LogP contribution in [0.1, 0.15) is 21.5 Å². The Balaban J connectivity index is 2.25. The van der Waals surface area contributed by atoms with Gasteiger partial charge in [-0.25, -0.2) is 0 Å². The Morgan fingerprint density at radius 2 is 1.95 bits per heavy atom. The van der Waals surface area contributed by atoms with Gasteiger partial charge in [0.1, 0.15) is 6.54 Å². The summed E-state index contributed by atoms with van der Waals surface area (Å²) in [5.74, 6) is -0.155. The van der Waals surface area contributed by atoms with Crippen molar-refractivity contribution < 1.29 is 4.79 Å². The maximum atomic E-state index is 12.6. The first-order chi connectivity index (χ1) is 10.1. The molecule has 0 heterocycles. The molecule has 0 saturated carbocycles. The van der Waals surface area contributed by atoms with Gasteiger partial charge in [-0.05, 0) is 36.2 Å². The lowest BCUT2D eigenvalue weighted by atomic mass is 10.1. The number of hydrogen-bond acceptors (Lipinski definition) is 3. The SMILES string of the molecule is Cc1cc(N)ccc1C(=O)N(CC#N)Cc1ccccc1. The van der Waals surface area contributed by atoms with E-state index in [0.717, 1.165) is 11.1 Å². The quantitative estimate of drug-likeness (QED) is 0.691. The molecule has 0 saturated heterocycles. The van der Waals surface area contributed by atoms with Crippen molar-refractivity contribution in [1.82, 2.24) is 4.90 Å². The number of nitrogens with zero attached hydrogens (tertiary/aromatic N) is 2. The molecule has 0 radical (unpaired) electrons. The average molecular weight is 279 g/mol. The predicted molar refractivity (Wildman–Crippen MR) is 82.4 cm³/mol. The van der Waals surface area contributed by atoms with Gasteiger partial charge in [-0.1, -0.05) is 30.3 Å². The number of amides is 1. The third-order valence-corrected chi connectivity index (χ3v) is 3.25. The van der Waals surface area contributed by atoms with Crippen molar-refractivity contribution in [3.05, 3.63) is 65.2 Å². The topological polar surface area (TPSA) is 70.1 Å². The van der Waals surface area contributed by atoms with Crippen molar-refractivity contribution in [2.24, 2.45) is 0 Å². The summed E-state index contributed by atoms with van der Waals surface area (Å²) in [6.07, 6.45) is 0. The van der Waals surface area contributed by atoms with E-state index in [9.17, 15) is 4.79 Å². The largest absolute Gasteiger partial charge is 0.399 e. The van der Waals surface area contributed by atoms with Crippen molar-refractivity contribution in [1.29, 1.82) is 5.26 Å². The maximum Gasteiger partial charge on any atom is 0.255 e. The Bertz CT molecular complexity index is 674. The molecular weight excluding hydrogens is 262 g/mol. The Hall–Kier alpha value is -2.80. The molecule has 1 amide bonds. The number of benzene rings is 2. The number of hydrogen-bond donors (Lipinski definition) is 1. The van der Waals surface area contributed by atoms with Crippen LogP contribution < -0.4 is 5.73 Å². The van der Waals surface area contributed by atoms with Gasteiger partial charge in [0, 0.05) is 17.8 Å². The minimum Gasteiger partial charge on any atom is -0.399 e. The zero-order valence-corrected chi connectivity index (χ0v) is 11.9. The number of nitriles is 1. The molecule has 0 spiro atoms. The summed E-state index contributed by atoms with van der Waals surface area (Å²) in [6, 6.07) is 16.9. The Morgan fingerprint density at radius 3 is 2.57 bits per heavy atom. The molecule has 4 heteroatoms. The van der Waals surface area contributed by atoms with E-state index in [4.69, 9.17) is 11.0 Å². The van der Waals surface area contributed by atoms with Crippen LogP contribution in [0.3, 0.4) is 0 Å². The van der Waals surface area contributed by atoms with Crippen LogP contribution in [0, 0.1) is 18.3 Å². The second-order valence-electron chi connectivity index (χ2n) is 4.88. The molecule has 2 aromatic carbocycles. The van der Waals surface area contributed by atoms with E-state index in [2.05, 4.69) is 0 Å². The molecule has 0 fully saturated rings. The molecule has 21 heavy (non-hydrogen) atoms. The molecule has 2 N–H and O–H groups in total. The van der Waals surface area contributed by atoms with Crippen LogP contribution in [0.5, 0.6) is 0 Å². The first kappa shape index (κ1) is 14.6. The van der Waals surface area contributed by atoms with Crippen molar-refractivity contribution in [3.8, 4) is 6.07 Å². The number of nitrogens with two attached hydrogens (primary N) is 1. The van der Waals surface area contributed by atoms with Gasteiger partial charge in [0.25, 0.3) is 5.91 Å². The summed E-state index contributed by atoms with van der Waals surface area (Å²) < 4.78 is 0. The molecule has 2 aromatic rings. The van der Waals surface area contributed by atoms with Crippen LogP contribution in [-0.2, 0) is 6.54 Å². The summed E-state index contributed by atoms with van der Waals surface area (Å²) in [7, 11) is 0. The minimum atomic E-state index is -0.155. The molecule has 106 valence electrons. The lowest BCUT2D eigenvalue weighted by molar-refractivity contribution is 0.0764. The number of nitrogen functional groups attached to an aromatic ring is 1. The Morgan fingerprint density at radius 1 is 1.24 bits per heavy atom. The number of carbonyl (C=O) groups excluding carboxylic acids is 1. The number of rotatable bonds is 4. The normalized spacial score (nSPS) is 9.90. The number of carbonyl (C=O) groups is 1. The van der Waals surface area contributed by atoms with E-state index >= 15 is 0 Å². The summed E-state index contributed by atoms with van der Waals surface area (Å²) in [5, 5.41) is 8.96. The second kappa shape index (κ2) is 6.58. The first-order valence-electron chi connectivity index (χ1n) is 6.68. The van der Waals surface area contributed by atoms with Gasteiger partial charge in [0.2, 0.25) is 0 Å². The molecular formula is C17H17N3O. The summed E-state index contributed by atoms with van der Waals surface area (Å²) in [6.45, 7) is 2.31. The van der Waals surface area contributed by atoms with Gasteiger partial charge < -0.3 is 10.6 Å². The maximum absolute atomic E-state index is 12.6. The molecule has 0 atom stereocenters. The first-order valence-corrected chi connectivity index (χ1v) is 6.68. The fourth-order valence-electron chi connectivity index (χ4n) is 2.19. The van der Waals surface area contributed by atoms with Crippen LogP contribution in [0.25, 0.3) is 0 Å². The molecule has 0 aromatic heterocycles. The highest BCUT2D eigenvalue weighted by Gasteiger charge is 2.17. The molecule has 4 nitrogen and oxygen atoms in total. The van der Waals surface area contributed by atoms with E-state index < -0.39 is 0 Å². The van der Waals surface area contributed by atoms with E-state index in [-0.39, 0.29) is 12.5 Å². The summed E-state index contributed by atoms with van der Waals surface area (Å²) in [5.41, 5.74) is 8.72. The lowest BCUT2D eigenvalue weighted by Crippen LogP contribution is -2.31. The molecule has 2 rings (SSSR count). The van der Waals surface area contributed by atoms with E-state index in [0.29, 0.717) is 17.8 Å². The molecule has 0 unspecified atom stereocenters. The zero-order chi connectivity index (χ0) is 15.2. The van der Waals surface area contributed by atoms with E-state index in [1.807, 2.05) is 43.3 Å². The molecule has 0 aliphatic heterocycles. The highest BCUT2D eigenvalue weighted by atomic mass is 16.2. The fourth-order valence-corrected chi connectivity index (χ4v) is 2.19. The lowest BCUT2D eigenvalue weighted by Gasteiger charge is -2.21. The van der Waals surface area contributed by atoms with Crippen molar-refractivity contribution in [2.75, 3.05) is 12.3 Å². The van der Waals surface area contributed by atoms with Gasteiger partial charge in [-0.2, -0.15) is 5.26 Å². The van der Waals surface area contributed by atoms with Gasteiger partial charge in [-0.3, -0.25) is 4.79 Å². The van der Waals surface area contributed by atoms with E-state index in [1.165, 1.54) is 4.90 Å². The highest BCUT2D eigenvalue weighted by Crippen LogP contribution is 2.16. The minimum absolute atomic E-state index is 0.0531. The smallest absolute Gasteiger partial charge is 0.255 e. The Labute approximate surface area is 124 Å². The van der Waals surface area contributed by atoms with Gasteiger partial charge in [-0.15, -0.1) is 0 Å². The highest BCUT2D eigenvalue weighted by molar-refractivity contribution is 5.96. The van der Waals surface area contributed by atoms with E-state index in [1.54, 1.807) is 18.2 Å². The van der Waals surface area contributed by atoms with Crippen LogP contribution in [0.4, 0.5) is 5.69 Å². The third-order valence-electron chi connectivity index (χ3n) is 3.25. The molecule has 0 bridgehead atoms. The fraction of sp³-hybridized carbons (Fsp3) is 0.176. The monoisotopic (exact) mass is 279 g/mol. The number of aryl methyl sites for hydroxylation is 1. The van der Waals surface area contributed by atoms with Crippen LogP contribution >= 0.6 is 0 Å². The standard InChI is InChI=1S/C17H17N3O/c1-13-11-15(19)7-8-16(13)17(21)20(10-9-18)12-14-5-3-2-4-6-14/h2-8,11H,10,12,19H2,1H3. The zero-order valence-electron chi connectivity index (χ0n) is 11.9. The average Bonchev–Trinajstić information content (AvgIpc) is 2.47. The van der Waals surface area contributed by atoms with Crippen molar-refractivity contribution in [3.63, 3.8) is 0 Å². The van der Waals surface area contributed by atoms with Gasteiger partial charge in [0.05, 0.1) is 6.07 Å². The van der Waals surface area contributed by atoms with Crippen LogP contribution in [0.15, 0.2) is 48.5 Å². The van der Waals surface area contributed by atoms with Crippen LogP contribution in [0.2, 0.25) is 0 Å². The predicted octanol–water partition coefficient (Wildman–Crippen LogP) is 2.74. The van der Waals surface area contributed by atoms with Gasteiger partial charge in [0.15, 0.2) is 0 Å². The van der Waals surface area contributed by atoms with Crippen molar-refractivity contribution in [2.45, 2.75) is 13.5 Å².